The highest BCUT2D eigenvalue weighted by atomic mass is 19.3. The third-order valence-electron chi connectivity index (χ3n) is 3.04. The van der Waals surface area contributed by atoms with Gasteiger partial charge < -0.3 is 9.47 Å². The highest BCUT2D eigenvalue weighted by Crippen LogP contribution is 2.43. The van der Waals surface area contributed by atoms with Gasteiger partial charge >= 0.3 is 0 Å². The predicted octanol–water partition coefficient (Wildman–Crippen LogP) is 2.57. The summed E-state index contributed by atoms with van der Waals surface area (Å²) < 4.78 is 36.2. The average Bonchev–Trinajstić information content (AvgIpc) is 2.85. The first kappa shape index (κ1) is 10.3. The third kappa shape index (κ3) is 2.23. The Balaban J connectivity index is 1.75. The molecule has 0 aromatic carbocycles. The van der Waals surface area contributed by atoms with E-state index < -0.39 is 5.92 Å². The van der Waals surface area contributed by atoms with Gasteiger partial charge in [-0.3, -0.25) is 0 Å². The average molecular weight is 206 g/mol. The van der Waals surface area contributed by atoms with E-state index in [4.69, 9.17) is 9.47 Å². The van der Waals surface area contributed by atoms with Crippen molar-refractivity contribution in [2.24, 2.45) is 5.92 Å². The lowest BCUT2D eigenvalue weighted by Gasteiger charge is -2.27. The van der Waals surface area contributed by atoms with Gasteiger partial charge in [-0.15, -0.1) is 0 Å². The molecule has 2 unspecified atom stereocenters. The summed E-state index contributed by atoms with van der Waals surface area (Å²) >= 11 is 0. The molecule has 2 rings (SSSR count). The molecular formula is C10H16F2O2. The second-order valence-electron chi connectivity index (χ2n) is 4.12. The van der Waals surface area contributed by atoms with E-state index in [9.17, 15) is 8.78 Å². The first-order valence-electron chi connectivity index (χ1n) is 5.27. The Morgan fingerprint density at radius 3 is 2.57 bits per heavy atom. The largest absolute Gasteiger partial charge is 0.350 e. The van der Waals surface area contributed by atoms with E-state index in [0.29, 0.717) is 19.4 Å². The van der Waals surface area contributed by atoms with Crippen LogP contribution in [-0.2, 0) is 9.47 Å². The van der Waals surface area contributed by atoms with Crippen molar-refractivity contribution in [3.63, 3.8) is 0 Å². The first-order valence-corrected chi connectivity index (χ1v) is 5.27. The molecule has 0 amide bonds. The molecule has 4 heteroatoms. The molecule has 1 saturated heterocycles. The standard InChI is InChI=1S/C10H16F2O2/c1-2-13-9-8(14-9)7-3-5-10(11,12)6-4-7/h7-9H,2-6H2,1H3. The van der Waals surface area contributed by atoms with Gasteiger partial charge in [-0.05, 0) is 25.7 Å². The summed E-state index contributed by atoms with van der Waals surface area (Å²) in [6, 6.07) is 0. The van der Waals surface area contributed by atoms with Crippen molar-refractivity contribution in [1.82, 2.24) is 0 Å². The third-order valence-corrected chi connectivity index (χ3v) is 3.04. The Bertz CT molecular complexity index is 198. The summed E-state index contributed by atoms with van der Waals surface area (Å²) in [6.07, 6.45) is 1.14. The normalized spacial score (nSPS) is 37.1. The van der Waals surface area contributed by atoms with Crippen LogP contribution in [0.25, 0.3) is 0 Å². The molecule has 0 aromatic heterocycles. The van der Waals surface area contributed by atoms with E-state index >= 15 is 0 Å². The molecule has 1 heterocycles. The molecule has 1 aliphatic heterocycles. The zero-order valence-electron chi connectivity index (χ0n) is 8.34. The summed E-state index contributed by atoms with van der Waals surface area (Å²) in [5, 5.41) is 0. The summed E-state index contributed by atoms with van der Waals surface area (Å²) in [5.74, 6) is -2.15. The molecule has 14 heavy (non-hydrogen) atoms. The maximum atomic E-state index is 12.8. The highest BCUT2D eigenvalue weighted by Gasteiger charge is 2.49. The lowest BCUT2D eigenvalue weighted by Crippen LogP contribution is -2.27. The van der Waals surface area contributed by atoms with Gasteiger partial charge in [-0.2, -0.15) is 0 Å². The zero-order valence-corrected chi connectivity index (χ0v) is 8.34. The van der Waals surface area contributed by atoms with Gasteiger partial charge in [-0.25, -0.2) is 8.78 Å². The van der Waals surface area contributed by atoms with Crippen LogP contribution in [0.3, 0.4) is 0 Å². The zero-order chi connectivity index (χ0) is 10.2. The fraction of sp³-hybridized carbons (Fsp3) is 1.00. The Morgan fingerprint density at radius 2 is 2.00 bits per heavy atom. The molecule has 82 valence electrons. The maximum Gasteiger partial charge on any atom is 0.248 e. The minimum atomic E-state index is -2.44. The van der Waals surface area contributed by atoms with E-state index in [2.05, 4.69) is 0 Å². The van der Waals surface area contributed by atoms with Gasteiger partial charge in [0.2, 0.25) is 5.92 Å². The molecule has 1 saturated carbocycles. The maximum absolute atomic E-state index is 12.8. The quantitative estimate of drug-likeness (QED) is 0.662. The summed E-state index contributed by atoms with van der Waals surface area (Å²) in [4.78, 5) is 0. The Morgan fingerprint density at radius 1 is 1.36 bits per heavy atom. The second kappa shape index (κ2) is 3.74. The van der Waals surface area contributed by atoms with Crippen molar-refractivity contribution in [2.45, 2.75) is 50.9 Å². The van der Waals surface area contributed by atoms with Crippen LogP contribution < -0.4 is 0 Å². The second-order valence-corrected chi connectivity index (χ2v) is 4.12. The molecule has 0 N–H and O–H groups in total. The van der Waals surface area contributed by atoms with Crippen molar-refractivity contribution in [1.29, 1.82) is 0 Å². The van der Waals surface area contributed by atoms with Crippen LogP contribution in [0.5, 0.6) is 0 Å². The lowest BCUT2D eigenvalue weighted by atomic mass is 9.85. The minimum absolute atomic E-state index is 0.0103. The van der Waals surface area contributed by atoms with E-state index in [1.807, 2.05) is 6.92 Å². The SMILES string of the molecule is CCOC1OC1C1CCC(F)(F)CC1. The van der Waals surface area contributed by atoms with Crippen LogP contribution in [-0.4, -0.2) is 24.9 Å². The molecule has 2 fully saturated rings. The Kier molecular flexibility index (Phi) is 2.75. The van der Waals surface area contributed by atoms with Gasteiger partial charge in [0.15, 0.2) is 6.29 Å². The van der Waals surface area contributed by atoms with Gasteiger partial charge in [0.25, 0.3) is 0 Å². The molecular weight excluding hydrogens is 190 g/mol. The van der Waals surface area contributed by atoms with Crippen LogP contribution in [0.1, 0.15) is 32.6 Å². The predicted molar refractivity (Wildman–Crippen MR) is 47.2 cm³/mol. The molecule has 2 atom stereocenters. The van der Waals surface area contributed by atoms with Crippen LogP contribution in [0, 0.1) is 5.92 Å². The minimum Gasteiger partial charge on any atom is -0.350 e. The fourth-order valence-corrected chi connectivity index (χ4v) is 2.13. The van der Waals surface area contributed by atoms with Crippen molar-refractivity contribution < 1.29 is 18.3 Å². The monoisotopic (exact) mass is 206 g/mol. The molecule has 0 spiro atoms. The molecule has 1 aliphatic carbocycles. The lowest BCUT2D eigenvalue weighted by molar-refractivity contribution is -0.0484. The van der Waals surface area contributed by atoms with Crippen LogP contribution >= 0.6 is 0 Å². The summed E-state index contributed by atoms with van der Waals surface area (Å²) in [7, 11) is 0. The Labute approximate surface area is 82.6 Å². The van der Waals surface area contributed by atoms with E-state index in [1.165, 1.54) is 0 Å². The first-order chi connectivity index (χ1) is 6.62. The van der Waals surface area contributed by atoms with Crippen LogP contribution in [0.15, 0.2) is 0 Å². The number of hydrogen-bond donors (Lipinski definition) is 0. The van der Waals surface area contributed by atoms with Gasteiger partial charge in [0.05, 0.1) is 0 Å². The van der Waals surface area contributed by atoms with Crippen molar-refractivity contribution >= 4 is 0 Å². The van der Waals surface area contributed by atoms with Gasteiger partial charge in [0.1, 0.15) is 6.10 Å². The highest BCUT2D eigenvalue weighted by molar-refractivity contribution is 4.89. The van der Waals surface area contributed by atoms with Crippen molar-refractivity contribution in [3.8, 4) is 0 Å². The van der Waals surface area contributed by atoms with Gasteiger partial charge in [-0.1, -0.05) is 0 Å². The van der Waals surface area contributed by atoms with Crippen molar-refractivity contribution in [2.75, 3.05) is 6.61 Å². The number of ether oxygens (including phenoxy) is 2. The van der Waals surface area contributed by atoms with Crippen molar-refractivity contribution in [3.05, 3.63) is 0 Å². The van der Waals surface area contributed by atoms with E-state index in [-0.39, 0.29) is 31.2 Å². The van der Waals surface area contributed by atoms with E-state index in [1.54, 1.807) is 0 Å². The molecule has 0 aromatic rings. The van der Waals surface area contributed by atoms with Crippen LogP contribution in [0.2, 0.25) is 0 Å². The summed E-state index contributed by atoms with van der Waals surface area (Å²) in [5.41, 5.74) is 0. The molecule has 2 nitrogen and oxygen atoms in total. The topological polar surface area (TPSA) is 21.8 Å². The smallest absolute Gasteiger partial charge is 0.248 e. The number of rotatable bonds is 3. The number of epoxide rings is 1. The summed E-state index contributed by atoms with van der Waals surface area (Å²) in [6.45, 7) is 2.54. The fourth-order valence-electron chi connectivity index (χ4n) is 2.13. The molecule has 2 aliphatic rings. The number of alkyl halides is 2. The molecule has 0 radical (unpaired) electrons. The van der Waals surface area contributed by atoms with E-state index in [0.717, 1.165) is 0 Å². The van der Waals surface area contributed by atoms with Crippen LogP contribution in [0.4, 0.5) is 8.78 Å². The van der Waals surface area contributed by atoms with Gasteiger partial charge in [0, 0.05) is 19.4 Å². The number of hydrogen-bond acceptors (Lipinski definition) is 2. The molecule has 0 bridgehead atoms. The number of halogens is 2. The Hall–Kier alpha value is -0.220.